The Morgan fingerprint density at radius 2 is 0.885 bits per heavy atom. The maximum Gasteiger partial charge on any atom is 0.0640 e. The Morgan fingerprint density at radius 3 is 1.19 bits per heavy atom. The highest BCUT2D eigenvalue weighted by Gasteiger charge is 2.32. The first kappa shape index (κ1) is 20.6. The molecule has 0 amide bonds. The molecule has 0 nitrogen and oxygen atoms in total. The Hall–Kier alpha value is -0.0862. The summed E-state index contributed by atoms with van der Waals surface area (Å²) in [4.78, 5) is 0. The molecule has 3 aliphatic carbocycles. The highest BCUT2D eigenvalue weighted by molar-refractivity contribution is 6.66. The van der Waals surface area contributed by atoms with Crippen LogP contribution in [0.4, 0.5) is 0 Å². The van der Waals surface area contributed by atoms with Gasteiger partial charge >= 0.3 is 0 Å². The Bertz CT molecular complexity index is 372. The van der Waals surface area contributed by atoms with Gasteiger partial charge in [-0.2, -0.15) is 0 Å². The predicted molar refractivity (Wildman–Crippen MR) is 123 cm³/mol. The molecule has 2 atom stereocenters. The molecule has 0 radical (unpaired) electrons. The second-order valence-corrected chi connectivity index (χ2v) is 16.4. The molecule has 148 valence electrons. The van der Waals surface area contributed by atoms with Gasteiger partial charge in [-0.05, 0) is 22.9 Å². The van der Waals surface area contributed by atoms with Crippen molar-refractivity contribution in [1.82, 2.24) is 0 Å². The van der Waals surface area contributed by atoms with Crippen LogP contribution < -0.4 is 0 Å². The van der Waals surface area contributed by atoms with Crippen molar-refractivity contribution in [3.8, 4) is 0 Å². The van der Waals surface area contributed by atoms with E-state index >= 15 is 0 Å². The third-order valence-electron chi connectivity index (χ3n) is 8.29. The first-order valence-corrected chi connectivity index (χ1v) is 16.3. The fourth-order valence-corrected chi connectivity index (χ4v) is 13.5. The van der Waals surface area contributed by atoms with Crippen LogP contribution in [0.25, 0.3) is 0 Å². The van der Waals surface area contributed by atoms with E-state index in [1.807, 2.05) is 0 Å². The van der Waals surface area contributed by atoms with Crippen molar-refractivity contribution in [2.24, 2.45) is 11.8 Å². The second-order valence-electron chi connectivity index (χ2n) is 9.95. The van der Waals surface area contributed by atoms with Gasteiger partial charge in [-0.1, -0.05) is 102 Å². The van der Waals surface area contributed by atoms with Crippen LogP contribution in [0.15, 0.2) is 24.6 Å². The van der Waals surface area contributed by atoms with Gasteiger partial charge in [-0.15, -0.1) is 24.6 Å². The van der Waals surface area contributed by atoms with E-state index in [0.717, 1.165) is 22.9 Å². The summed E-state index contributed by atoms with van der Waals surface area (Å²) in [7, 11) is -1.44. The lowest BCUT2D eigenvalue weighted by atomic mass is 9.91. The lowest BCUT2D eigenvalue weighted by Gasteiger charge is -2.37. The van der Waals surface area contributed by atoms with Gasteiger partial charge in [0.2, 0.25) is 0 Å². The van der Waals surface area contributed by atoms with Gasteiger partial charge in [0, 0.05) is 0 Å². The van der Waals surface area contributed by atoms with E-state index in [1.165, 1.54) is 64.2 Å². The lowest BCUT2D eigenvalue weighted by molar-refractivity contribution is 0.377. The Labute approximate surface area is 167 Å². The third kappa shape index (κ3) is 5.96. The smallest absolute Gasteiger partial charge is 0.0640 e. The largest absolute Gasteiger partial charge is 0.107 e. The van der Waals surface area contributed by atoms with E-state index in [2.05, 4.69) is 24.6 Å². The molecule has 2 heteroatoms. The zero-order valence-corrected chi connectivity index (χ0v) is 19.7. The van der Waals surface area contributed by atoms with Gasteiger partial charge in [-0.25, -0.2) is 0 Å². The molecule has 0 aromatic rings. The summed E-state index contributed by atoms with van der Waals surface area (Å²) in [5, 5.41) is 0. The minimum Gasteiger partial charge on any atom is -0.107 e. The molecule has 3 rings (SSSR count). The summed E-state index contributed by atoms with van der Waals surface area (Å²) < 4.78 is 0. The van der Waals surface area contributed by atoms with Gasteiger partial charge in [-0.3, -0.25) is 0 Å². The van der Waals surface area contributed by atoms with Crippen LogP contribution in [-0.2, 0) is 0 Å². The Kier molecular flexibility index (Phi) is 8.77. The molecule has 0 saturated heterocycles. The van der Waals surface area contributed by atoms with Crippen molar-refractivity contribution in [3.63, 3.8) is 0 Å². The molecule has 26 heavy (non-hydrogen) atoms. The molecule has 0 aromatic heterocycles. The fourth-order valence-electron chi connectivity index (χ4n) is 6.58. The molecule has 0 N–H and O–H groups in total. The summed E-state index contributed by atoms with van der Waals surface area (Å²) >= 11 is 0. The minimum absolute atomic E-state index is 0.718. The lowest BCUT2D eigenvalue weighted by Crippen LogP contribution is -2.30. The van der Waals surface area contributed by atoms with Crippen molar-refractivity contribution in [3.05, 3.63) is 24.6 Å². The standard InChI is InChI=1S/C24H44Si2/c1-3-25(19-21-11-7-5-8-12-21)23-15-17-24(18-16-23)26(4-2)20-22-13-9-6-10-14-22/h3-4,21-26H,1-2,5-20H2. The number of rotatable bonds is 8. The number of hydrogen-bond acceptors (Lipinski definition) is 0. The maximum absolute atomic E-state index is 4.30. The van der Waals surface area contributed by atoms with Gasteiger partial charge in [0.05, 0.1) is 17.6 Å². The third-order valence-corrected chi connectivity index (χ3v) is 15.7. The summed E-state index contributed by atoms with van der Waals surface area (Å²) in [6.45, 7) is 8.61. The highest BCUT2D eigenvalue weighted by Crippen LogP contribution is 2.44. The Morgan fingerprint density at radius 1 is 0.538 bits per heavy atom. The van der Waals surface area contributed by atoms with Crippen LogP contribution in [0.3, 0.4) is 0 Å². The average molecular weight is 389 g/mol. The Balaban J connectivity index is 1.45. The monoisotopic (exact) mass is 388 g/mol. The topological polar surface area (TPSA) is 0 Å². The summed E-state index contributed by atoms with van der Waals surface area (Å²) in [5.74, 6) is 2.13. The quantitative estimate of drug-likeness (QED) is 0.381. The highest BCUT2D eigenvalue weighted by atomic mass is 28.3. The normalized spacial score (nSPS) is 31.2. The van der Waals surface area contributed by atoms with Crippen molar-refractivity contribution in [2.75, 3.05) is 0 Å². The van der Waals surface area contributed by atoms with E-state index in [0.29, 0.717) is 0 Å². The molecular formula is C24H44Si2. The summed E-state index contributed by atoms with van der Waals surface area (Å²) in [5.41, 5.74) is 7.12. The van der Waals surface area contributed by atoms with Crippen molar-refractivity contribution in [1.29, 1.82) is 0 Å². The van der Waals surface area contributed by atoms with Gasteiger partial charge in [0.1, 0.15) is 0 Å². The second kappa shape index (κ2) is 11.0. The van der Waals surface area contributed by atoms with E-state index in [4.69, 9.17) is 0 Å². The van der Waals surface area contributed by atoms with Crippen molar-refractivity contribution in [2.45, 2.75) is 113 Å². The first-order valence-electron chi connectivity index (χ1n) is 12.0. The van der Waals surface area contributed by atoms with Crippen LogP contribution in [-0.4, -0.2) is 17.6 Å². The zero-order chi connectivity index (χ0) is 18.2. The fraction of sp³-hybridized carbons (Fsp3) is 0.833. The zero-order valence-electron chi connectivity index (χ0n) is 17.3. The van der Waals surface area contributed by atoms with E-state index < -0.39 is 17.6 Å². The number of hydrogen-bond donors (Lipinski definition) is 0. The molecule has 3 saturated carbocycles. The molecule has 0 heterocycles. The van der Waals surface area contributed by atoms with Crippen LogP contribution >= 0.6 is 0 Å². The molecule has 0 aromatic carbocycles. The SMILES string of the molecule is C=C[SiH](CC1CCCCC1)C1CCC([SiH](C=C)CC2CCCCC2)CC1. The van der Waals surface area contributed by atoms with Crippen LogP contribution in [0.2, 0.25) is 23.2 Å². The van der Waals surface area contributed by atoms with Crippen LogP contribution in [0.5, 0.6) is 0 Å². The average Bonchev–Trinajstić information content (AvgIpc) is 2.72. The molecule has 3 aliphatic rings. The molecule has 0 bridgehead atoms. The van der Waals surface area contributed by atoms with Gasteiger partial charge in [0.25, 0.3) is 0 Å². The molecule has 3 fully saturated rings. The maximum atomic E-state index is 4.30. The van der Waals surface area contributed by atoms with Crippen LogP contribution in [0, 0.1) is 11.8 Å². The van der Waals surface area contributed by atoms with Crippen molar-refractivity contribution < 1.29 is 0 Å². The van der Waals surface area contributed by atoms with Crippen molar-refractivity contribution >= 4 is 17.6 Å². The van der Waals surface area contributed by atoms with Gasteiger partial charge < -0.3 is 0 Å². The van der Waals surface area contributed by atoms with E-state index in [9.17, 15) is 0 Å². The van der Waals surface area contributed by atoms with Crippen LogP contribution in [0.1, 0.15) is 89.9 Å². The van der Waals surface area contributed by atoms with E-state index in [1.54, 1.807) is 37.8 Å². The molecule has 0 spiro atoms. The van der Waals surface area contributed by atoms with Gasteiger partial charge in [0.15, 0.2) is 0 Å². The predicted octanol–water partition coefficient (Wildman–Crippen LogP) is 7.37. The summed E-state index contributed by atoms with van der Waals surface area (Å²) in [6, 6.07) is 3.17. The first-order chi connectivity index (χ1) is 12.8. The molecular weight excluding hydrogens is 344 g/mol. The van der Waals surface area contributed by atoms with E-state index in [-0.39, 0.29) is 0 Å². The molecule has 0 aliphatic heterocycles. The molecule has 2 unspecified atom stereocenters. The minimum atomic E-state index is -0.718. The summed E-state index contributed by atoms with van der Waals surface area (Å²) in [6.07, 6.45) is 21.3.